The predicted octanol–water partition coefficient (Wildman–Crippen LogP) is 3.12. The Bertz CT molecular complexity index is 839. The van der Waals surface area contributed by atoms with Crippen molar-refractivity contribution in [3.8, 4) is 0 Å². The molecule has 1 N–H and O–H groups in total. The number of fused-ring (bicyclic) bond motifs is 1. The van der Waals surface area contributed by atoms with Gasteiger partial charge in [-0.1, -0.05) is 6.07 Å². The van der Waals surface area contributed by atoms with Crippen LogP contribution < -0.4 is 5.32 Å². The van der Waals surface area contributed by atoms with Gasteiger partial charge in [-0.25, -0.2) is 9.78 Å². The first-order chi connectivity index (χ1) is 13.5. The Labute approximate surface area is 173 Å². The highest BCUT2D eigenvalue weighted by Gasteiger charge is 2.25. The van der Waals surface area contributed by atoms with E-state index in [-0.39, 0.29) is 7.52 Å². The third-order valence-electron chi connectivity index (χ3n) is 4.42. The highest BCUT2D eigenvalue weighted by molar-refractivity contribution is 5.68. The molecule has 2 amide bonds. The van der Waals surface area contributed by atoms with Crippen LogP contribution in [0, 0.1) is 6.92 Å². The van der Waals surface area contributed by atoms with Gasteiger partial charge < -0.3 is 24.1 Å². The van der Waals surface area contributed by atoms with E-state index in [1.807, 2.05) is 70.5 Å². The summed E-state index contributed by atoms with van der Waals surface area (Å²) in [6.45, 7) is 14.0. The summed E-state index contributed by atoms with van der Waals surface area (Å²) in [5.74, 6) is 0.832. The second-order valence-corrected chi connectivity index (χ2v) is 8.50. The van der Waals surface area contributed by atoms with Gasteiger partial charge in [0.15, 0.2) is 0 Å². The molecule has 1 saturated heterocycles. The number of carbonyl (C=O) groups is 2. The molecule has 1 aliphatic rings. The van der Waals surface area contributed by atoms with E-state index in [1.54, 1.807) is 4.90 Å². The number of nitrogens with one attached hydrogen (secondary N) is 1. The Hall–Kier alpha value is -2.61. The van der Waals surface area contributed by atoms with Crippen LogP contribution >= 0.6 is 0 Å². The van der Waals surface area contributed by atoms with Crippen molar-refractivity contribution in [2.45, 2.75) is 52.7 Å². The molecule has 1 fully saturated rings. The fourth-order valence-electron chi connectivity index (χ4n) is 2.91. The normalized spacial score (nSPS) is 14.8. The van der Waals surface area contributed by atoms with Crippen LogP contribution in [0.25, 0.3) is 5.52 Å². The number of nitrogens with zero attached hydrogens (tertiary/aromatic N) is 3. The van der Waals surface area contributed by atoms with E-state index in [9.17, 15) is 9.59 Å². The Balaban J connectivity index is 0.000000297. The fraction of sp³-hybridized carbons (Fsp3) is 0.571. The molecule has 162 valence electrons. The molecular formula is C21H34N4O4. The molecule has 0 atom stereocenters. The summed E-state index contributed by atoms with van der Waals surface area (Å²) in [4.78, 5) is 28.1. The summed E-state index contributed by atoms with van der Waals surface area (Å²) < 4.78 is 12.3. The van der Waals surface area contributed by atoms with Crippen molar-refractivity contribution in [1.82, 2.24) is 19.6 Å². The highest BCUT2D eigenvalue weighted by Crippen LogP contribution is 2.21. The molecule has 0 unspecified atom stereocenters. The zero-order valence-corrected chi connectivity index (χ0v) is 18.2. The van der Waals surface area contributed by atoms with E-state index in [2.05, 4.69) is 10.3 Å². The van der Waals surface area contributed by atoms with Gasteiger partial charge in [-0.15, -0.1) is 0 Å². The number of hydrogen-bond donors (Lipinski definition) is 1. The molecular weight excluding hydrogens is 372 g/mol. The summed E-state index contributed by atoms with van der Waals surface area (Å²) in [6.07, 6.45) is 4.25. The largest absolute Gasteiger partial charge is 0.444 e. The molecule has 2 aromatic heterocycles. The molecule has 3 rings (SSSR count). The van der Waals surface area contributed by atoms with Crippen LogP contribution in [-0.2, 0) is 19.8 Å². The standard InChI is InChI=1S/C12H15N3O.C9H17NO3.H2/c1-9-5-4-6-15-10(9)7-13-11(15)12(2,3)14-8-16;1-9(2,3)13-8(11)10-4-6-12-7-5-10;/h4-8H,1-3H3,(H,14,16);4-7H2,1-3H3;1H. The van der Waals surface area contributed by atoms with Crippen LogP contribution in [0.4, 0.5) is 4.79 Å². The Kier molecular flexibility index (Phi) is 7.24. The van der Waals surface area contributed by atoms with E-state index >= 15 is 0 Å². The molecule has 8 heteroatoms. The Morgan fingerprint density at radius 3 is 2.52 bits per heavy atom. The quantitative estimate of drug-likeness (QED) is 0.792. The van der Waals surface area contributed by atoms with Gasteiger partial charge >= 0.3 is 6.09 Å². The number of amides is 2. The number of rotatable bonds is 3. The van der Waals surface area contributed by atoms with Gasteiger partial charge in [0.05, 0.1) is 30.5 Å². The topological polar surface area (TPSA) is 85.2 Å². The summed E-state index contributed by atoms with van der Waals surface area (Å²) in [5, 5.41) is 2.77. The minimum absolute atomic E-state index is 0. The minimum atomic E-state index is -0.470. The maximum Gasteiger partial charge on any atom is 0.410 e. The first-order valence-corrected chi connectivity index (χ1v) is 9.75. The lowest BCUT2D eigenvalue weighted by Gasteiger charge is -2.29. The van der Waals surface area contributed by atoms with E-state index < -0.39 is 11.1 Å². The van der Waals surface area contributed by atoms with Crippen LogP contribution in [0.5, 0.6) is 0 Å². The van der Waals surface area contributed by atoms with Crippen LogP contribution in [0.1, 0.15) is 47.4 Å². The molecule has 0 bridgehead atoms. The number of hydrogen-bond acceptors (Lipinski definition) is 5. The Morgan fingerprint density at radius 1 is 1.28 bits per heavy atom. The molecule has 8 nitrogen and oxygen atoms in total. The number of carbonyl (C=O) groups excluding carboxylic acids is 2. The van der Waals surface area contributed by atoms with Crippen molar-refractivity contribution in [2.24, 2.45) is 0 Å². The van der Waals surface area contributed by atoms with Gasteiger partial charge in [0.25, 0.3) is 0 Å². The van der Waals surface area contributed by atoms with Crippen molar-refractivity contribution in [2.75, 3.05) is 26.3 Å². The molecule has 0 aliphatic carbocycles. The maximum absolute atomic E-state index is 11.5. The predicted molar refractivity (Wildman–Crippen MR) is 113 cm³/mol. The van der Waals surface area contributed by atoms with Gasteiger partial charge in [-0.3, -0.25) is 4.79 Å². The fourth-order valence-corrected chi connectivity index (χ4v) is 2.91. The highest BCUT2D eigenvalue weighted by atomic mass is 16.6. The van der Waals surface area contributed by atoms with Crippen molar-refractivity contribution >= 4 is 18.0 Å². The second-order valence-electron chi connectivity index (χ2n) is 8.50. The van der Waals surface area contributed by atoms with E-state index in [4.69, 9.17) is 9.47 Å². The number of pyridine rings is 1. The molecule has 1 aliphatic heterocycles. The van der Waals surface area contributed by atoms with Gasteiger partial charge in [0, 0.05) is 20.7 Å². The van der Waals surface area contributed by atoms with Gasteiger partial charge in [0.2, 0.25) is 6.41 Å². The molecule has 0 aromatic carbocycles. The number of morpholine rings is 1. The molecule has 0 saturated carbocycles. The third kappa shape index (κ3) is 6.19. The number of aromatic nitrogens is 2. The lowest BCUT2D eigenvalue weighted by molar-refractivity contribution is -0.111. The zero-order valence-electron chi connectivity index (χ0n) is 18.2. The van der Waals surface area contributed by atoms with Gasteiger partial charge in [-0.2, -0.15) is 0 Å². The number of imidazole rings is 1. The molecule has 29 heavy (non-hydrogen) atoms. The van der Waals surface area contributed by atoms with Crippen molar-refractivity contribution in [3.63, 3.8) is 0 Å². The summed E-state index contributed by atoms with van der Waals surface area (Å²) in [7, 11) is 0. The maximum atomic E-state index is 11.5. The molecule has 3 heterocycles. The van der Waals surface area contributed by atoms with Crippen molar-refractivity contribution in [1.29, 1.82) is 0 Å². The zero-order chi connectivity index (χ0) is 21.7. The van der Waals surface area contributed by atoms with E-state index in [0.717, 1.165) is 11.3 Å². The molecule has 0 radical (unpaired) electrons. The van der Waals surface area contributed by atoms with E-state index in [0.29, 0.717) is 32.7 Å². The van der Waals surface area contributed by atoms with E-state index in [1.165, 1.54) is 5.56 Å². The van der Waals surface area contributed by atoms with Crippen LogP contribution in [0.2, 0.25) is 0 Å². The summed E-state index contributed by atoms with van der Waals surface area (Å²) in [6, 6.07) is 4.02. The molecule has 0 spiro atoms. The lowest BCUT2D eigenvalue weighted by Crippen LogP contribution is -2.43. The van der Waals surface area contributed by atoms with Crippen LogP contribution in [0.15, 0.2) is 24.5 Å². The van der Waals surface area contributed by atoms with Crippen LogP contribution in [0.3, 0.4) is 0 Å². The average molecular weight is 407 g/mol. The Morgan fingerprint density at radius 2 is 1.93 bits per heavy atom. The monoisotopic (exact) mass is 406 g/mol. The summed E-state index contributed by atoms with van der Waals surface area (Å²) >= 11 is 0. The van der Waals surface area contributed by atoms with Crippen molar-refractivity contribution < 1.29 is 20.5 Å². The minimum Gasteiger partial charge on any atom is -0.444 e. The van der Waals surface area contributed by atoms with Gasteiger partial charge in [-0.05, 0) is 53.2 Å². The number of ether oxygens (including phenoxy) is 2. The SMILES string of the molecule is CC(C)(C)OC(=O)N1CCOCC1.Cc1cccn2c(C(C)(C)NC=O)ncc12.[HH]. The number of aryl methyl sites for hydroxylation is 1. The summed E-state index contributed by atoms with van der Waals surface area (Å²) in [5.41, 5.74) is 1.36. The first kappa shape index (κ1) is 22.7. The third-order valence-corrected chi connectivity index (χ3v) is 4.42. The second kappa shape index (κ2) is 9.26. The van der Waals surface area contributed by atoms with Crippen molar-refractivity contribution in [3.05, 3.63) is 35.9 Å². The van der Waals surface area contributed by atoms with Gasteiger partial charge in [0.1, 0.15) is 11.4 Å². The lowest BCUT2D eigenvalue weighted by atomic mass is 10.1. The molecule has 2 aromatic rings. The average Bonchev–Trinajstić information content (AvgIpc) is 3.08. The first-order valence-electron chi connectivity index (χ1n) is 9.75. The smallest absolute Gasteiger partial charge is 0.410 e. The van der Waals surface area contributed by atoms with Crippen LogP contribution in [-0.4, -0.2) is 58.7 Å².